The number of carbonyl (C=O) groups excluding carboxylic acids is 1. The van der Waals surface area contributed by atoms with E-state index in [-0.39, 0.29) is 36.4 Å². The number of halogens is 1. The molecule has 0 atom stereocenters. The second-order valence-electron chi connectivity index (χ2n) is 5.27. The molecule has 5 nitrogen and oxygen atoms in total. The van der Waals surface area contributed by atoms with Crippen LogP contribution in [0, 0.1) is 12.3 Å². The Morgan fingerprint density at radius 3 is 2.65 bits per heavy atom. The SMILES string of the molecule is C#Cc1cccc(NC(=O)CNC(=NC)NCc2ccc(CC)s2)c1.I. The molecule has 7 heteroatoms. The molecular formula is C19H23IN4OS. The van der Waals surface area contributed by atoms with Crippen molar-refractivity contribution >= 4 is 52.9 Å². The summed E-state index contributed by atoms with van der Waals surface area (Å²) in [5, 5.41) is 9.01. The highest BCUT2D eigenvalue weighted by Crippen LogP contribution is 2.16. The number of amides is 1. The molecule has 2 rings (SSSR count). The van der Waals surface area contributed by atoms with E-state index < -0.39 is 0 Å². The maximum atomic E-state index is 12.0. The van der Waals surface area contributed by atoms with E-state index in [9.17, 15) is 4.79 Å². The number of hydrogen-bond donors (Lipinski definition) is 3. The summed E-state index contributed by atoms with van der Waals surface area (Å²) < 4.78 is 0. The maximum Gasteiger partial charge on any atom is 0.243 e. The van der Waals surface area contributed by atoms with Gasteiger partial charge in [-0.15, -0.1) is 41.7 Å². The number of aryl methyl sites for hydroxylation is 1. The van der Waals surface area contributed by atoms with Crippen molar-refractivity contribution in [3.8, 4) is 12.3 Å². The van der Waals surface area contributed by atoms with E-state index in [4.69, 9.17) is 6.42 Å². The lowest BCUT2D eigenvalue weighted by molar-refractivity contribution is -0.115. The molecule has 0 aliphatic carbocycles. The van der Waals surface area contributed by atoms with Crippen LogP contribution in [0.5, 0.6) is 0 Å². The van der Waals surface area contributed by atoms with Gasteiger partial charge in [0.15, 0.2) is 5.96 Å². The number of thiophene rings is 1. The highest BCUT2D eigenvalue weighted by Gasteiger charge is 2.05. The zero-order valence-electron chi connectivity index (χ0n) is 14.8. The molecule has 138 valence electrons. The zero-order valence-corrected chi connectivity index (χ0v) is 18.0. The third-order valence-corrected chi connectivity index (χ3v) is 4.68. The molecule has 0 unspecified atom stereocenters. The number of benzene rings is 1. The smallest absolute Gasteiger partial charge is 0.243 e. The molecule has 0 fully saturated rings. The first-order valence-corrected chi connectivity index (χ1v) is 8.85. The lowest BCUT2D eigenvalue weighted by Gasteiger charge is -2.11. The van der Waals surface area contributed by atoms with Crippen molar-refractivity contribution in [2.24, 2.45) is 4.99 Å². The molecule has 0 bridgehead atoms. The van der Waals surface area contributed by atoms with Crippen molar-refractivity contribution in [3.05, 3.63) is 51.7 Å². The Morgan fingerprint density at radius 1 is 1.23 bits per heavy atom. The first-order valence-electron chi connectivity index (χ1n) is 8.03. The summed E-state index contributed by atoms with van der Waals surface area (Å²) in [7, 11) is 1.68. The number of nitrogens with zero attached hydrogens (tertiary/aromatic N) is 1. The number of guanidine groups is 1. The van der Waals surface area contributed by atoms with Gasteiger partial charge in [0.25, 0.3) is 0 Å². The molecule has 0 aliphatic rings. The second kappa shape index (κ2) is 11.5. The van der Waals surface area contributed by atoms with Gasteiger partial charge in [0, 0.05) is 28.1 Å². The van der Waals surface area contributed by atoms with Crippen LogP contribution >= 0.6 is 35.3 Å². The van der Waals surface area contributed by atoms with Crippen LogP contribution in [0.2, 0.25) is 0 Å². The Balaban J connectivity index is 0.00000338. The lowest BCUT2D eigenvalue weighted by atomic mass is 10.2. The number of rotatable bonds is 6. The van der Waals surface area contributed by atoms with E-state index in [2.05, 4.69) is 45.9 Å². The molecule has 0 aliphatic heterocycles. The monoisotopic (exact) mass is 482 g/mol. The normalized spacial score (nSPS) is 10.4. The van der Waals surface area contributed by atoms with Crippen LogP contribution in [-0.2, 0) is 17.8 Å². The predicted octanol–water partition coefficient (Wildman–Crippen LogP) is 3.21. The fourth-order valence-electron chi connectivity index (χ4n) is 2.15. The van der Waals surface area contributed by atoms with E-state index in [1.54, 1.807) is 30.5 Å². The van der Waals surface area contributed by atoms with E-state index in [0.29, 0.717) is 18.2 Å². The van der Waals surface area contributed by atoms with Crippen LogP contribution in [0.3, 0.4) is 0 Å². The van der Waals surface area contributed by atoms with Crippen LogP contribution in [-0.4, -0.2) is 25.5 Å². The highest BCUT2D eigenvalue weighted by molar-refractivity contribution is 14.0. The first-order chi connectivity index (χ1) is 12.1. The summed E-state index contributed by atoms with van der Waals surface area (Å²) in [6.45, 7) is 2.93. The fraction of sp³-hybridized carbons (Fsp3) is 0.263. The van der Waals surface area contributed by atoms with Gasteiger partial charge in [0.1, 0.15) is 0 Å². The van der Waals surface area contributed by atoms with Crippen LogP contribution in [0.25, 0.3) is 0 Å². The Labute approximate surface area is 175 Å². The Hall–Kier alpha value is -2.05. The van der Waals surface area contributed by atoms with Gasteiger partial charge in [0.2, 0.25) is 5.91 Å². The summed E-state index contributed by atoms with van der Waals surface area (Å²) in [4.78, 5) is 18.8. The topological polar surface area (TPSA) is 65.5 Å². The Kier molecular flexibility index (Phi) is 9.76. The van der Waals surface area contributed by atoms with Gasteiger partial charge in [-0.25, -0.2) is 0 Å². The summed E-state index contributed by atoms with van der Waals surface area (Å²) in [6, 6.07) is 11.4. The average Bonchev–Trinajstić information content (AvgIpc) is 3.10. The van der Waals surface area contributed by atoms with Crippen LogP contribution in [0.15, 0.2) is 41.4 Å². The molecule has 1 aromatic heterocycles. The predicted molar refractivity (Wildman–Crippen MR) is 120 cm³/mol. The van der Waals surface area contributed by atoms with Gasteiger partial charge >= 0.3 is 0 Å². The van der Waals surface area contributed by atoms with Gasteiger partial charge in [0.05, 0.1) is 13.1 Å². The number of terminal acetylenes is 1. The van der Waals surface area contributed by atoms with Gasteiger partial charge in [-0.2, -0.15) is 0 Å². The van der Waals surface area contributed by atoms with Crippen molar-refractivity contribution in [1.29, 1.82) is 0 Å². The number of hydrogen-bond acceptors (Lipinski definition) is 3. The van der Waals surface area contributed by atoms with E-state index >= 15 is 0 Å². The highest BCUT2D eigenvalue weighted by atomic mass is 127. The Bertz CT molecular complexity index is 795. The van der Waals surface area contributed by atoms with Crippen molar-refractivity contribution in [2.45, 2.75) is 19.9 Å². The minimum atomic E-state index is -0.165. The van der Waals surface area contributed by atoms with E-state index in [1.807, 2.05) is 12.1 Å². The van der Waals surface area contributed by atoms with Gasteiger partial charge in [-0.1, -0.05) is 18.9 Å². The zero-order chi connectivity index (χ0) is 18.1. The molecule has 26 heavy (non-hydrogen) atoms. The number of anilines is 1. The molecule has 0 radical (unpaired) electrons. The lowest BCUT2D eigenvalue weighted by Crippen LogP contribution is -2.40. The summed E-state index contributed by atoms with van der Waals surface area (Å²) in [5.41, 5.74) is 1.40. The molecule has 1 heterocycles. The summed E-state index contributed by atoms with van der Waals surface area (Å²) >= 11 is 1.77. The minimum Gasteiger partial charge on any atom is -0.352 e. The molecule has 1 aromatic carbocycles. The van der Waals surface area contributed by atoms with Crippen molar-refractivity contribution < 1.29 is 4.79 Å². The van der Waals surface area contributed by atoms with E-state index in [0.717, 1.165) is 12.0 Å². The molecule has 1 amide bonds. The number of carbonyl (C=O) groups is 1. The standard InChI is InChI=1S/C19H22N4OS.HI/c1-4-14-7-6-8-15(11-14)23-18(24)13-22-19(20-3)21-12-17-10-9-16(5-2)25-17;/h1,6-11H,5,12-13H2,2-3H3,(H,23,24)(H2,20,21,22);1H. The van der Waals surface area contributed by atoms with Crippen molar-refractivity contribution in [1.82, 2.24) is 10.6 Å². The quantitative estimate of drug-likeness (QED) is 0.257. The van der Waals surface area contributed by atoms with E-state index in [1.165, 1.54) is 9.75 Å². The van der Waals surface area contributed by atoms with Crippen LogP contribution in [0.4, 0.5) is 5.69 Å². The average molecular weight is 482 g/mol. The first kappa shape index (κ1) is 22.0. The third-order valence-electron chi connectivity index (χ3n) is 3.45. The molecule has 0 saturated heterocycles. The minimum absolute atomic E-state index is 0. The van der Waals surface area contributed by atoms with Crippen molar-refractivity contribution in [3.63, 3.8) is 0 Å². The molecule has 0 saturated carbocycles. The third kappa shape index (κ3) is 7.06. The number of nitrogens with one attached hydrogen (secondary N) is 3. The van der Waals surface area contributed by atoms with Crippen LogP contribution < -0.4 is 16.0 Å². The van der Waals surface area contributed by atoms with Gasteiger partial charge < -0.3 is 16.0 Å². The van der Waals surface area contributed by atoms with Crippen molar-refractivity contribution in [2.75, 3.05) is 18.9 Å². The Morgan fingerprint density at radius 2 is 2.00 bits per heavy atom. The molecule has 0 spiro atoms. The molecule has 2 aromatic rings. The fourth-order valence-corrected chi connectivity index (χ4v) is 3.05. The van der Waals surface area contributed by atoms with Gasteiger partial charge in [-0.3, -0.25) is 9.79 Å². The second-order valence-corrected chi connectivity index (χ2v) is 6.53. The summed E-state index contributed by atoms with van der Waals surface area (Å²) in [6.07, 6.45) is 6.40. The molecule has 3 N–H and O–H groups in total. The molecular weight excluding hydrogens is 459 g/mol. The largest absolute Gasteiger partial charge is 0.352 e. The summed E-state index contributed by atoms with van der Waals surface area (Å²) in [5.74, 6) is 2.96. The maximum absolute atomic E-state index is 12.0. The van der Waals surface area contributed by atoms with Crippen LogP contribution in [0.1, 0.15) is 22.2 Å². The van der Waals surface area contributed by atoms with Gasteiger partial charge in [-0.05, 0) is 36.8 Å². The number of aliphatic imine (C=N–C) groups is 1.